The largest absolute Gasteiger partial charge is 0.358 e. The van der Waals surface area contributed by atoms with Gasteiger partial charge in [-0.05, 0) is 109 Å². The van der Waals surface area contributed by atoms with Gasteiger partial charge in [0.1, 0.15) is 0 Å². The smallest absolute Gasteiger partial charge is 0.0681 e. The number of para-hydroxylation sites is 3. The summed E-state index contributed by atoms with van der Waals surface area (Å²) < 4.78 is 2.57. The van der Waals surface area contributed by atoms with Crippen molar-refractivity contribution in [3.8, 4) is 16.8 Å². The number of allylic oxidation sites excluding steroid dienone is 6. The van der Waals surface area contributed by atoms with E-state index in [4.69, 9.17) is 0 Å². The summed E-state index contributed by atoms with van der Waals surface area (Å²) >= 11 is 4.00. The Kier molecular flexibility index (Phi) is 6.91. The zero-order chi connectivity index (χ0) is 33.7. The minimum atomic E-state index is 0.168. The lowest BCUT2D eigenvalue weighted by Gasteiger charge is -2.33. The molecule has 4 aliphatic rings. The number of aryl methyl sites for hydroxylation is 4. The maximum absolute atomic E-state index is 4.01. The van der Waals surface area contributed by atoms with Gasteiger partial charge in [-0.1, -0.05) is 102 Å². The molecule has 3 unspecified atom stereocenters. The van der Waals surface area contributed by atoms with Crippen LogP contribution in [0.1, 0.15) is 40.2 Å². The summed E-state index contributed by atoms with van der Waals surface area (Å²) in [5.41, 5.74) is 17.2. The number of nitrogens with zero attached hydrogens (tertiary/aromatic N) is 1. The van der Waals surface area contributed by atoms with E-state index in [1.54, 1.807) is 5.57 Å². The predicted octanol–water partition coefficient (Wildman–Crippen LogP) is 12.7. The maximum Gasteiger partial charge on any atom is 0.0681 e. The average molecular weight is 683 g/mol. The monoisotopic (exact) mass is 682 g/mol. The van der Waals surface area contributed by atoms with E-state index in [1.165, 1.54) is 92.5 Å². The van der Waals surface area contributed by atoms with E-state index in [9.17, 15) is 0 Å². The molecule has 1 aromatic heterocycles. The van der Waals surface area contributed by atoms with E-state index >= 15 is 0 Å². The van der Waals surface area contributed by atoms with Crippen molar-refractivity contribution in [1.29, 1.82) is 0 Å². The number of hydrogen-bond donors (Lipinski definition) is 1. The molecule has 3 atom stereocenters. The summed E-state index contributed by atoms with van der Waals surface area (Å²) in [6, 6.07) is 34.2. The highest BCUT2D eigenvalue weighted by Crippen LogP contribution is 2.56. The Morgan fingerprint density at radius 1 is 0.760 bits per heavy atom. The fraction of sp³-hybridized carbons (Fsp3) is 0.174. The molecule has 3 heterocycles. The molecule has 1 N–H and O–H groups in total. The lowest BCUT2D eigenvalue weighted by molar-refractivity contribution is 0.670. The van der Waals surface area contributed by atoms with Crippen molar-refractivity contribution in [3.05, 3.63) is 165 Å². The van der Waals surface area contributed by atoms with Crippen LogP contribution in [0.5, 0.6) is 0 Å². The first-order valence-electron chi connectivity index (χ1n) is 17.7. The van der Waals surface area contributed by atoms with Crippen molar-refractivity contribution in [2.24, 2.45) is 5.92 Å². The van der Waals surface area contributed by atoms with Crippen LogP contribution in [0.3, 0.4) is 0 Å². The Labute approximate surface area is 302 Å². The molecular formula is C46H38N2S2. The third-order valence-electron chi connectivity index (χ3n) is 11.1. The average Bonchev–Trinajstić information content (AvgIpc) is 3.65. The maximum atomic E-state index is 4.01. The van der Waals surface area contributed by atoms with Crippen LogP contribution in [0.15, 0.2) is 147 Å². The highest BCUT2D eigenvalue weighted by Gasteiger charge is 2.39. The molecule has 0 spiro atoms. The minimum absolute atomic E-state index is 0.168. The number of fused-ring (bicyclic) bond motifs is 7. The lowest BCUT2D eigenvalue weighted by atomic mass is 9.78. The molecule has 6 aromatic rings. The van der Waals surface area contributed by atoms with Crippen molar-refractivity contribution in [3.63, 3.8) is 0 Å². The second kappa shape index (κ2) is 11.4. The first-order chi connectivity index (χ1) is 24.4. The SMILES string of the molecule is Cc1cc(C)c(-c2cc(C3CC4=C(C=C3Nc3ccccc3C)SC3C=CC=CC43)c3c(c2)-n2c4ccccc4c4cccc(c42)S3)c(C)c1. The molecule has 0 radical (unpaired) electrons. The fourth-order valence-corrected chi connectivity index (χ4v) is 11.7. The fourth-order valence-electron chi connectivity index (χ4n) is 8.99. The van der Waals surface area contributed by atoms with Crippen LogP contribution < -0.4 is 5.32 Å². The Morgan fingerprint density at radius 3 is 2.40 bits per heavy atom. The third-order valence-corrected chi connectivity index (χ3v) is 13.7. The predicted molar refractivity (Wildman–Crippen MR) is 215 cm³/mol. The zero-order valence-corrected chi connectivity index (χ0v) is 30.4. The van der Waals surface area contributed by atoms with Crippen molar-refractivity contribution >= 4 is 51.0 Å². The Morgan fingerprint density at radius 2 is 1.54 bits per heavy atom. The van der Waals surface area contributed by atoms with Gasteiger partial charge < -0.3 is 9.88 Å². The summed E-state index contributed by atoms with van der Waals surface area (Å²) in [4.78, 5) is 4.13. The normalized spacial score (nSPS) is 20.2. The summed E-state index contributed by atoms with van der Waals surface area (Å²) in [7, 11) is 0. The van der Waals surface area contributed by atoms with Crippen LogP contribution in [0, 0.1) is 33.6 Å². The van der Waals surface area contributed by atoms with E-state index < -0.39 is 0 Å². The number of thioether (sulfide) groups is 1. The number of rotatable bonds is 4. The molecular weight excluding hydrogens is 645 g/mol. The first kappa shape index (κ1) is 30.2. The molecule has 2 aliphatic carbocycles. The van der Waals surface area contributed by atoms with Gasteiger partial charge >= 0.3 is 0 Å². The van der Waals surface area contributed by atoms with Gasteiger partial charge in [-0.15, -0.1) is 11.8 Å². The van der Waals surface area contributed by atoms with E-state index in [-0.39, 0.29) is 5.92 Å². The van der Waals surface area contributed by atoms with E-state index in [2.05, 4.69) is 159 Å². The zero-order valence-electron chi connectivity index (χ0n) is 28.7. The van der Waals surface area contributed by atoms with Crippen LogP contribution >= 0.6 is 23.5 Å². The van der Waals surface area contributed by atoms with E-state index in [0.717, 1.165) is 6.42 Å². The van der Waals surface area contributed by atoms with Crippen LogP contribution in [-0.2, 0) is 0 Å². The van der Waals surface area contributed by atoms with Gasteiger partial charge in [0.25, 0.3) is 0 Å². The topological polar surface area (TPSA) is 17.0 Å². The summed E-state index contributed by atoms with van der Waals surface area (Å²) in [6.07, 6.45) is 12.8. The molecule has 50 heavy (non-hydrogen) atoms. The Bertz CT molecular complexity index is 2540. The molecule has 2 nitrogen and oxygen atoms in total. The minimum Gasteiger partial charge on any atom is -0.358 e. The Balaban J connectivity index is 1.25. The van der Waals surface area contributed by atoms with Crippen molar-refractivity contribution < 1.29 is 0 Å². The van der Waals surface area contributed by atoms with Crippen molar-refractivity contribution in [1.82, 2.24) is 4.57 Å². The number of benzene rings is 5. The molecule has 4 heteroatoms. The van der Waals surface area contributed by atoms with Crippen LogP contribution in [0.4, 0.5) is 5.69 Å². The Hall–Kier alpha value is -4.64. The number of nitrogens with one attached hydrogen (secondary N) is 1. The molecule has 0 saturated heterocycles. The lowest BCUT2D eigenvalue weighted by Crippen LogP contribution is -2.20. The second-order valence-corrected chi connectivity index (χ2v) is 16.6. The molecule has 244 valence electrons. The number of anilines is 1. The van der Waals surface area contributed by atoms with Gasteiger partial charge in [-0.25, -0.2) is 0 Å². The molecule has 0 fully saturated rings. The molecule has 5 aromatic carbocycles. The molecule has 0 saturated carbocycles. The van der Waals surface area contributed by atoms with Crippen molar-refractivity contribution in [2.45, 2.75) is 55.1 Å². The van der Waals surface area contributed by atoms with Gasteiger partial charge in [-0.3, -0.25) is 0 Å². The van der Waals surface area contributed by atoms with Gasteiger partial charge in [0.15, 0.2) is 0 Å². The van der Waals surface area contributed by atoms with Gasteiger partial charge in [0.05, 0.1) is 16.7 Å². The molecule has 0 bridgehead atoms. The summed E-state index contributed by atoms with van der Waals surface area (Å²) in [5, 5.41) is 7.12. The van der Waals surface area contributed by atoms with E-state index in [1.807, 2.05) is 23.5 Å². The summed E-state index contributed by atoms with van der Waals surface area (Å²) in [6.45, 7) is 8.98. The second-order valence-electron chi connectivity index (χ2n) is 14.4. The summed E-state index contributed by atoms with van der Waals surface area (Å²) in [5.74, 6) is 0.614. The number of aromatic nitrogens is 1. The van der Waals surface area contributed by atoms with E-state index in [0.29, 0.717) is 11.2 Å². The molecule has 10 rings (SSSR count). The quantitative estimate of drug-likeness (QED) is 0.199. The first-order valence-corrected chi connectivity index (χ1v) is 19.4. The number of hydrogen-bond acceptors (Lipinski definition) is 3. The van der Waals surface area contributed by atoms with Crippen molar-refractivity contribution in [2.75, 3.05) is 5.32 Å². The van der Waals surface area contributed by atoms with Crippen LogP contribution in [-0.4, -0.2) is 9.82 Å². The standard InChI is InChI=1S/C46H38N2S2/c1-26-20-28(3)44(29(4)21-26)30-22-36(46-40(23-30)48-39-17-9-6-13-31(39)33-15-11-19-42(50-46)45(33)48)34-24-35-32-14-7-10-18-41(32)49-43(35)25-38(34)47-37-16-8-5-12-27(37)2/h5-23,25,32,34,41,47H,24H2,1-4H3. The highest BCUT2D eigenvalue weighted by molar-refractivity contribution is 8.04. The van der Waals surface area contributed by atoms with Crippen LogP contribution in [0.25, 0.3) is 38.6 Å². The molecule has 2 aliphatic heterocycles. The third kappa shape index (κ3) is 4.58. The van der Waals surface area contributed by atoms with Gasteiger partial charge in [0.2, 0.25) is 0 Å². The van der Waals surface area contributed by atoms with Gasteiger partial charge in [-0.2, -0.15) is 0 Å². The van der Waals surface area contributed by atoms with Crippen LogP contribution in [0.2, 0.25) is 0 Å². The molecule has 0 amide bonds. The van der Waals surface area contributed by atoms with Gasteiger partial charge in [0, 0.05) is 53.9 Å². The highest BCUT2D eigenvalue weighted by atomic mass is 32.2.